The Kier molecular flexibility index (Phi) is 11.3. The van der Waals surface area contributed by atoms with Crippen molar-refractivity contribution in [3.05, 3.63) is 185 Å². The average molecular weight is 964 g/mol. The molecule has 73 heavy (non-hydrogen) atoms. The van der Waals surface area contributed by atoms with Gasteiger partial charge in [-0.05, 0) is 105 Å². The summed E-state index contributed by atoms with van der Waals surface area (Å²) in [6.07, 6.45) is 18.8. The molecule has 15 nitrogen and oxygen atoms in total. The smallest absolute Gasteiger partial charge is 0.259 e. The molecule has 15 heteroatoms. The number of fused-ring (bicyclic) bond motifs is 28. The quantitative estimate of drug-likeness (QED) is 0.141. The molecule has 9 aromatic heterocycles. The standard InChI is InChI=1S/C31H28N6O2.C26H17N5O2.CH4/c38-30-26-24-18-36(28-22(24)12-6-14-32-28)16-3-1-8-20-10-5-11-21(34-20)9-2-4-17-37-19-25(27(26)31(39)35-30)23-13-7-15-33-29(23)37;32-25-22-19-13-30(21-9-2-1-7-17(19)21)11-15-5-3-6-16(28-15)12-31-14-20(23(22)26(33)29-25)18-8-4-10-27-24(18)31;/h5-7,10-15,18-19H,1-4,8-9,16-17H2,(H,35,38,39);1-10,13-14H,11-12H2,(H,29,32,33);1H4. The van der Waals surface area contributed by atoms with Crippen LogP contribution in [-0.4, -0.2) is 66.8 Å². The molecule has 0 saturated carbocycles. The highest BCUT2D eigenvalue weighted by Crippen LogP contribution is 2.41. The number of carbonyl (C=O) groups is 4. The number of rotatable bonds is 0. The molecule has 0 atom stereocenters. The SMILES string of the molecule is C.O=C1NC(=O)C2=C1c1cn(c3ccccc13)Cc1cccc(n1)Cn1cc2c2cccnc21.O=C1NC(=O)C2=C1c1cn(c3ncccc13)CCCCc1cccc(n1)CCCCn1cc2c2cccnc21. The Bertz CT molecular complexity index is 3750. The largest absolute Gasteiger partial charge is 0.341 e. The maximum absolute atomic E-state index is 13.3. The van der Waals surface area contributed by atoms with Crippen LogP contribution < -0.4 is 10.6 Å². The molecule has 4 amide bonds. The van der Waals surface area contributed by atoms with Gasteiger partial charge in [0.15, 0.2) is 0 Å². The summed E-state index contributed by atoms with van der Waals surface area (Å²) in [5.41, 5.74) is 11.9. The number of nitrogens with one attached hydrogen (secondary N) is 2. The minimum atomic E-state index is -0.386. The van der Waals surface area contributed by atoms with Gasteiger partial charge in [-0.3, -0.25) is 39.8 Å². The van der Waals surface area contributed by atoms with E-state index < -0.39 is 0 Å². The molecular weight excluding hydrogens is 915 g/mol. The monoisotopic (exact) mass is 963 g/mol. The molecule has 0 radical (unpaired) electrons. The second-order valence-corrected chi connectivity index (χ2v) is 18.7. The number of pyridine rings is 5. The Morgan fingerprint density at radius 1 is 0.384 bits per heavy atom. The second-order valence-electron chi connectivity index (χ2n) is 18.7. The minimum Gasteiger partial charge on any atom is -0.341 e. The van der Waals surface area contributed by atoms with Gasteiger partial charge in [-0.2, -0.15) is 0 Å². The van der Waals surface area contributed by atoms with Crippen LogP contribution in [-0.2, 0) is 58.2 Å². The highest BCUT2D eigenvalue weighted by molar-refractivity contribution is 6.51. The van der Waals surface area contributed by atoms with Crippen LogP contribution in [0.4, 0.5) is 0 Å². The first-order valence-electron chi connectivity index (χ1n) is 24.3. The van der Waals surface area contributed by atoms with Gasteiger partial charge in [0.05, 0.1) is 46.8 Å². The van der Waals surface area contributed by atoms with E-state index in [-0.39, 0.29) is 31.1 Å². The Balaban J connectivity index is 0.000000149. The van der Waals surface area contributed by atoms with Crippen LogP contribution in [0.2, 0.25) is 0 Å². The van der Waals surface area contributed by atoms with Crippen molar-refractivity contribution in [3.8, 4) is 0 Å². The fourth-order valence-electron chi connectivity index (χ4n) is 11.0. The highest BCUT2D eigenvalue weighted by atomic mass is 16.2. The highest BCUT2D eigenvalue weighted by Gasteiger charge is 2.37. The summed E-state index contributed by atoms with van der Waals surface area (Å²) in [7, 11) is 0. The summed E-state index contributed by atoms with van der Waals surface area (Å²) in [6.45, 7) is 2.58. The van der Waals surface area contributed by atoms with Gasteiger partial charge in [-0.1, -0.05) is 37.8 Å². The lowest BCUT2D eigenvalue weighted by Crippen LogP contribution is -2.22. The van der Waals surface area contributed by atoms with E-state index >= 15 is 0 Å². The molecule has 360 valence electrons. The van der Waals surface area contributed by atoms with Crippen molar-refractivity contribution in [1.29, 1.82) is 0 Å². The van der Waals surface area contributed by atoms with Crippen molar-refractivity contribution in [2.75, 3.05) is 0 Å². The molecule has 2 N–H and O–H groups in total. The number of para-hydroxylation sites is 1. The number of hydrogen-bond donors (Lipinski definition) is 2. The van der Waals surface area contributed by atoms with Crippen molar-refractivity contribution in [1.82, 2.24) is 53.8 Å². The molecule has 0 aliphatic carbocycles. The Hall–Kier alpha value is -9.11. The van der Waals surface area contributed by atoms with Gasteiger partial charge in [-0.15, -0.1) is 0 Å². The van der Waals surface area contributed by atoms with Crippen LogP contribution >= 0.6 is 0 Å². The number of hydrogen-bond acceptors (Lipinski definition) is 9. The van der Waals surface area contributed by atoms with E-state index in [0.717, 1.165) is 135 Å². The lowest BCUT2D eigenvalue weighted by molar-refractivity contribution is -0.124. The van der Waals surface area contributed by atoms with E-state index in [1.165, 1.54) is 0 Å². The lowest BCUT2D eigenvalue weighted by atomic mass is 9.96. The maximum Gasteiger partial charge on any atom is 0.259 e. The van der Waals surface area contributed by atoms with Crippen LogP contribution in [0.3, 0.4) is 0 Å². The van der Waals surface area contributed by atoms with E-state index in [9.17, 15) is 19.2 Å². The molecule has 14 rings (SSSR count). The predicted octanol–water partition coefficient (Wildman–Crippen LogP) is 8.71. The van der Waals surface area contributed by atoms with Crippen LogP contribution in [0, 0.1) is 0 Å². The van der Waals surface area contributed by atoms with Crippen LogP contribution in [0.1, 0.15) is 78.1 Å². The number of amides is 4. The van der Waals surface area contributed by atoms with Crippen molar-refractivity contribution >= 4 is 89.9 Å². The molecule has 0 unspecified atom stereocenters. The fraction of sp³-hybridized carbons (Fsp3) is 0.190. The number of aromatic nitrogens is 9. The van der Waals surface area contributed by atoms with Gasteiger partial charge in [0.2, 0.25) is 0 Å². The first-order chi connectivity index (χ1) is 35.3. The fourth-order valence-corrected chi connectivity index (χ4v) is 11.0. The molecule has 13 heterocycles. The molecule has 4 aliphatic heterocycles. The number of carbonyl (C=O) groups excluding carboxylic acids is 4. The third kappa shape index (κ3) is 7.80. The second kappa shape index (κ2) is 18.2. The Morgan fingerprint density at radius 3 is 1.27 bits per heavy atom. The number of nitrogens with zero attached hydrogens (tertiary/aromatic N) is 9. The Labute approximate surface area is 419 Å². The third-order valence-corrected chi connectivity index (χ3v) is 14.2. The summed E-state index contributed by atoms with van der Waals surface area (Å²) in [5.74, 6) is -1.52. The minimum absolute atomic E-state index is 0. The molecule has 0 saturated heterocycles. The molecule has 12 bridgehead atoms. The van der Waals surface area contributed by atoms with Crippen LogP contribution in [0.15, 0.2) is 140 Å². The van der Waals surface area contributed by atoms with Gasteiger partial charge in [0.1, 0.15) is 16.9 Å². The zero-order chi connectivity index (χ0) is 48.5. The molecular formula is C58H49N11O4. The maximum atomic E-state index is 13.3. The van der Waals surface area contributed by atoms with Crippen molar-refractivity contribution in [2.45, 2.75) is 72.1 Å². The van der Waals surface area contributed by atoms with E-state index in [1.807, 2.05) is 108 Å². The number of benzene rings is 1. The third-order valence-electron chi connectivity index (χ3n) is 14.2. The first-order valence-corrected chi connectivity index (χ1v) is 24.3. The summed E-state index contributed by atoms with van der Waals surface area (Å²) < 4.78 is 8.30. The van der Waals surface area contributed by atoms with Crippen LogP contribution in [0.25, 0.3) is 66.3 Å². The Morgan fingerprint density at radius 2 is 0.767 bits per heavy atom. The lowest BCUT2D eigenvalue weighted by Gasteiger charge is -2.08. The summed E-state index contributed by atoms with van der Waals surface area (Å²) in [5, 5.41) is 8.57. The van der Waals surface area contributed by atoms with E-state index in [1.54, 1.807) is 18.6 Å². The first kappa shape index (κ1) is 45.1. The van der Waals surface area contributed by atoms with Gasteiger partial charge in [0, 0.05) is 117 Å². The summed E-state index contributed by atoms with van der Waals surface area (Å²) in [6, 6.07) is 31.8. The molecule has 0 fully saturated rings. The van der Waals surface area contributed by atoms with Gasteiger partial charge < -0.3 is 18.3 Å². The van der Waals surface area contributed by atoms with Gasteiger partial charge in [-0.25, -0.2) is 15.0 Å². The number of imide groups is 2. The van der Waals surface area contributed by atoms with E-state index in [0.29, 0.717) is 40.9 Å². The summed E-state index contributed by atoms with van der Waals surface area (Å²) >= 11 is 0. The average Bonchev–Trinajstić information content (AvgIpc) is 4.24. The van der Waals surface area contributed by atoms with Crippen molar-refractivity contribution < 1.29 is 19.2 Å². The van der Waals surface area contributed by atoms with Gasteiger partial charge >= 0.3 is 0 Å². The van der Waals surface area contributed by atoms with E-state index in [2.05, 4.69) is 57.5 Å². The summed E-state index contributed by atoms with van der Waals surface area (Å²) in [4.78, 5) is 76.5. The zero-order valence-electron chi connectivity index (χ0n) is 39.0. The normalized spacial score (nSPS) is 15.8. The van der Waals surface area contributed by atoms with Crippen LogP contribution in [0.5, 0.6) is 0 Å². The topological polar surface area (TPSA) is 177 Å². The molecule has 4 aliphatic rings. The zero-order valence-corrected chi connectivity index (χ0v) is 39.0. The predicted molar refractivity (Wildman–Crippen MR) is 280 cm³/mol. The van der Waals surface area contributed by atoms with Crippen molar-refractivity contribution in [3.63, 3.8) is 0 Å². The van der Waals surface area contributed by atoms with E-state index in [4.69, 9.17) is 9.97 Å². The van der Waals surface area contributed by atoms with Crippen molar-refractivity contribution in [2.24, 2.45) is 0 Å². The molecule has 10 aromatic rings. The number of aryl methyl sites for hydroxylation is 4. The van der Waals surface area contributed by atoms with Gasteiger partial charge in [0.25, 0.3) is 23.6 Å². The molecule has 0 spiro atoms. The molecule has 1 aromatic carbocycles.